The molecular weight excluding hydrogens is 406 g/mol. The highest BCUT2D eigenvalue weighted by Crippen LogP contribution is 2.33. The molecule has 0 spiro atoms. The molecule has 0 aliphatic heterocycles. The number of thiophene rings is 1. The minimum Gasteiger partial charge on any atom is -0.464 e. The molecule has 0 saturated heterocycles. The molecule has 2 aromatic rings. The Balaban J connectivity index is 1.45. The molecule has 30 heavy (non-hydrogen) atoms. The van der Waals surface area contributed by atoms with Crippen LogP contribution in [0.25, 0.3) is 0 Å². The van der Waals surface area contributed by atoms with E-state index in [0.29, 0.717) is 9.88 Å². The van der Waals surface area contributed by atoms with E-state index in [4.69, 9.17) is 4.74 Å². The first-order valence-electron chi connectivity index (χ1n) is 10.2. The summed E-state index contributed by atoms with van der Waals surface area (Å²) in [5, 5.41) is 14.7. The van der Waals surface area contributed by atoms with Crippen molar-refractivity contribution in [2.75, 3.05) is 12.4 Å². The third-order valence-corrected chi connectivity index (χ3v) is 6.76. The molecule has 9 nitrogen and oxygen atoms in total. The van der Waals surface area contributed by atoms with Crippen molar-refractivity contribution in [3.8, 4) is 0 Å². The molecule has 2 fully saturated rings. The Labute approximate surface area is 178 Å². The predicted molar refractivity (Wildman–Crippen MR) is 111 cm³/mol. The van der Waals surface area contributed by atoms with E-state index in [1.165, 1.54) is 18.4 Å². The number of methoxy groups -OCH3 is 1. The molecule has 2 N–H and O–H groups in total. The van der Waals surface area contributed by atoms with E-state index in [0.717, 1.165) is 44.1 Å². The summed E-state index contributed by atoms with van der Waals surface area (Å²) < 4.78 is 6.35. The summed E-state index contributed by atoms with van der Waals surface area (Å²) in [5.74, 6) is -0.546. The molecule has 2 atom stereocenters. The molecule has 2 heterocycles. The molecule has 0 bridgehead atoms. The number of ether oxygens (including phenoxy) is 1. The molecule has 2 saturated carbocycles. The van der Waals surface area contributed by atoms with Crippen molar-refractivity contribution in [1.82, 2.24) is 20.3 Å². The Morgan fingerprint density at radius 3 is 2.70 bits per heavy atom. The fourth-order valence-corrected chi connectivity index (χ4v) is 4.78. The smallest absolute Gasteiger partial charge is 0.360 e. The van der Waals surface area contributed by atoms with E-state index in [-0.39, 0.29) is 35.5 Å². The fraction of sp³-hybridized carbons (Fsp3) is 0.550. The Kier molecular flexibility index (Phi) is 5.85. The minimum atomic E-state index is -0.535. The topological polar surface area (TPSA) is 115 Å². The number of aromatic nitrogens is 3. The van der Waals surface area contributed by atoms with Crippen molar-refractivity contribution in [3.63, 3.8) is 0 Å². The quantitative estimate of drug-likeness (QED) is 0.680. The summed E-state index contributed by atoms with van der Waals surface area (Å²) in [6, 6.07) is 1.64. The van der Waals surface area contributed by atoms with Gasteiger partial charge in [0.05, 0.1) is 35.3 Å². The first-order valence-corrected chi connectivity index (χ1v) is 11.0. The highest BCUT2D eigenvalue weighted by molar-refractivity contribution is 7.18. The van der Waals surface area contributed by atoms with Crippen molar-refractivity contribution >= 4 is 34.1 Å². The van der Waals surface area contributed by atoms with Crippen LogP contribution in [0, 0.1) is 12.8 Å². The number of aryl methyl sites for hydroxylation is 1. The van der Waals surface area contributed by atoms with E-state index in [9.17, 15) is 14.4 Å². The molecular formula is C20H25N5O4S. The van der Waals surface area contributed by atoms with E-state index >= 15 is 0 Å². The van der Waals surface area contributed by atoms with Gasteiger partial charge in [0.15, 0.2) is 5.69 Å². The molecule has 2 aliphatic rings. The van der Waals surface area contributed by atoms with Crippen LogP contribution in [0.2, 0.25) is 0 Å². The Morgan fingerprint density at radius 2 is 1.97 bits per heavy atom. The lowest BCUT2D eigenvalue weighted by atomic mass is 9.90. The van der Waals surface area contributed by atoms with Gasteiger partial charge in [-0.2, -0.15) is 0 Å². The fourth-order valence-electron chi connectivity index (χ4n) is 3.81. The third kappa shape index (κ3) is 4.38. The Bertz CT molecular complexity index is 964. The van der Waals surface area contributed by atoms with Gasteiger partial charge in [-0.25, -0.2) is 9.48 Å². The summed E-state index contributed by atoms with van der Waals surface area (Å²) in [6.45, 7) is 1.87. The number of esters is 1. The van der Waals surface area contributed by atoms with Gasteiger partial charge in [0.25, 0.3) is 5.91 Å². The normalized spacial score (nSPS) is 21.1. The van der Waals surface area contributed by atoms with Crippen LogP contribution < -0.4 is 10.6 Å². The second-order valence-corrected chi connectivity index (χ2v) is 8.95. The maximum absolute atomic E-state index is 13.0. The average Bonchev–Trinajstić information content (AvgIpc) is 3.37. The standard InChI is InChI=1S/C20H25N5O4S/c1-11-9-16(22-18(26)12-7-8-12)30-17(11)19(27)21-13-5-3-4-6-15(13)25-10-14(23-24-25)20(28)29-2/h9-10,12-13,15H,3-8H2,1-2H3,(H,21,27)(H,22,26)/t13-,15-/m0/s1. The molecule has 0 radical (unpaired) electrons. The molecule has 2 amide bonds. The van der Waals surface area contributed by atoms with Gasteiger partial charge in [-0.1, -0.05) is 18.1 Å². The van der Waals surface area contributed by atoms with Gasteiger partial charge in [-0.05, 0) is 44.2 Å². The SMILES string of the molecule is COC(=O)c1cn([C@H]2CCCC[C@@H]2NC(=O)c2sc(NC(=O)C3CC3)cc2C)nn1. The summed E-state index contributed by atoms with van der Waals surface area (Å²) in [7, 11) is 1.30. The predicted octanol–water partition coefficient (Wildman–Crippen LogP) is 2.70. The Morgan fingerprint density at radius 1 is 1.20 bits per heavy atom. The molecule has 2 aliphatic carbocycles. The maximum atomic E-state index is 13.0. The minimum absolute atomic E-state index is 0.0307. The van der Waals surface area contributed by atoms with Gasteiger partial charge in [0.2, 0.25) is 5.91 Å². The maximum Gasteiger partial charge on any atom is 0.360 e. The van der Waals surface area contributed by atoms with Crippen LogP contribution in [-0.2, 0) is 9.53 Å². The summed E-state index contributed by atoms with van der Waals surface area (Å²) in [4.78, 5) is 37.3. The highest BCUT2D eigenvalue weighted by Gasteiger charge is 2.32. The molecule has 10 heteroatoms. The van der Waals surface area contributed by atoms with E-state index < -0.39 is 5.97 Å². The zero-order chi connectivity index (χ0) is 21.3. The number of hydrogen-bond acceptors (Lipinski definition) is 7. The lowest BCUT2D eigenvalue weighted by Gasteiger charge is -2.31. The van der Waals surface area contributed by atoms with Crippen molar-refractivity contribution in [2.45, 2.75) is 57.5 Å². The molecule has 0 unspecified atom stereocenters. The average molecular weight is 432 g/mol. The highest BCUT2D eigenvalue weighted by atomic mass is 32.1. The van der Waals surface area contributed by atoms with Gasteiger partial charge in [0.1, 0.15) is 0 Å². The van der Waals surface area contributed by atoms with E-state index in [2.05, 4.69) is 20.9 Å². The van der Waals surface area contributed by atoms with Crippen LogP contribution in [-0.4, -0.2) is 45.9 Å². The van der Waals surface area contributed by atoms with E-state index in [1.807, 2.05) is 13.0 Å². The number of amides is 2. The number of hydrogen-bond donors (Lipinski definition) is 2. The lowest BCUT2D eigenvalue weighted by Crippen LogP contribution is -2.43. The monoisotopic (exact) mass is 431 g/mol. The van der Waals surface area contributed by atoms with E-state index in [1.54, 1.807) is 10.9 Å². The zero-order valence-corrected chi connectivity index (χ0v) is 17.8. The number of nitrogens with zero attached hydrogens (tertiary/aromatic N) is 3. The largest absolute Gasteiger partial charge is 0.464 e. The molecule has 2 aromatic heterocycles. The summed E-state index contributed by atoms with van der Waals surface area (Å²) in [6.07, 6.45) is 7.12. The van der Waals surface area contributed by atoms with Gasteiger partial charge in [-0.15, -0.1) is 16.4 Å². The zero-order valence-electron chi connectivity index (χ0n) is 17.0. The van der Waals surface area contributed by atoms with Crippen LogP contribution in [0.4, 0.5) is 5.00 Å². The first kappa shape index (κ1) is 20.5. The van der Waals surface area contributed by atoms with Crippen LogP contribution in [0.15, 0.2) is 12.3 Å². The number of rotatable bonds is 6. The number of carbonyl (C=O) groups excluding carboxylic acids is 3. The van der Waals surface area contributed by atoms with Crippen LogP contribution in [0.5, 0.6) is 0 Å². The van der Waals surface area contributed by atoms with Crippen molar-refractivity contribution < 1.29 is 19.1 Å². The van der Waals surface area contributed by atoms with Gasteiger partial charge < -0.3 is 15.4 Å². The van der Waals surface area contributed by atoms with Crippen LogP contribution in [0.1, 0.15) is 70.3 Å². The van der Waals surface area contributed by atoms with Crippen LogP contribution in [0.3, 0.4) is 0 Å². The van der Waals surface area contributed by atoms with Crippen LogP contribution >= 0.6 is 11.3 Å². The second-order valence-electron chi connectivity index (χ2n) is 7.89. The third-order valence-electron chi connectivity index (χ3n) is 5.61. The van der Waals surface area contributed by atoms with Gasteiger partial charge in [0, 0.05) is 5.92 Å². The summed E-state index contributed by atoms with van der Waals surface area (Å²) >= 11 is 1.30. The number of anilines is 1. The van der Waals surface area contributed by atoms with Crippen molar-refractivity contribution in [1.29, 1.82) is 0 Å². The van der Waals surface area contributed by atoms with Crippen molar-refractivity contribution in [3.05, 3.63) is 28.4 Å². The Hall–Kier alpha value is -2.75. The molecule has 0 aromatic carbocycles. The number of nitrogens with one attached hydrogen (secondary N) is 2. The molecule has 160 valence electrons. The van der Waals surface area contributed by atoms with Crippen molar-refractivity contribution in [2.24, 2.45) is 5.92 Å². The lowest BCUT2D eigenvalue weighted by molar-refractivity contribution is -0.117. The summed E-state index contributed by atoms with van der Waals surface area (Å²) in [5.41, 5.74) is 0.989. The number of carbonyl (C=O) groups is 3. The second kappa shape index (κ2) is 8.55. The van der Waals surface area contributed by atoms with Gasteiger partial charge in [-0.3, -0.25) is 9.59 Å². The molecule has 4 rings (SSSR count). The van der Waals surface area contributed by atoms with Gasteiger partial charge >= 0.3 is 5.97 Å². The first-order chi connectivity index (χ1) is 14.5.